The van der Waals surface area contributed by atoms with Gasteiger partial charge in [-0.25, -0.2) is 4.79 Å². The first-order chi connectivity index (χ1) is 10.5. The maximum absolute atomic E-state index is 11.4. The van der Waals surface area contributed by atoms with Crippen LogP contribution >= 0.6 is 11.6 Å². The van der Waals surface area contributed by atoms with Crippen LogP contribution in [0.4, 0.5) is 0 Å². The first-order valence-electron chi connectivity index (χ1n) is 7.19. The van der Waals surface area contributed by atoms with Crippen LogP contribution in [0, 0.1) is 0 Å². The molecule has 0 heterocycles. The Balaban J connectivity index is 2.08. The van der Waals surface area contributed by atoms with Crippen LogP contribution in [0.1, 0.15) is 30.9 Å². The second-order valence-electron chi connectivity index (χ2n) is 5.50. The van der Waals surface area contributed by atoms with Crippen molar-refractivity contribution in [3.63, 3.8) is 0 Å². The van der Waals surface area contributed by atoms with E-state index in [1.54, 1.807) is 12.1 Å². The smallest absolute Gasteiger partial charge is 0.345 e. The summed E-state index contributed by atoms with van der Waals surface area (Å²) in [6.45, 7) is 4.22. The molecule has 1 atom stereocenters. The lowest BCUT2D eigenvalue weighted by molar-refractivity contribution is -0.145. The Hall–Kier alpha value is -2.00. The van der Waals surface area contributed by atoms with Gasteiger partial charge in [-0.3, -0.25) is 0 Å². The van der Waals surface area contributed by atoms with Crippen LogP contribution in [-0.4, -0.2) is 17.2 Å². The third kappa shape index (κ3) is 4.50. The molecular weight excluding hydrogens is 300 g/mol. The Morgan fingerprint density at radius 1 is 1.09 bits per heavy atom. The van der Waals surface area contributed by atoms with Gasteiger partial charge in [0.15, 0.2) is 6.10 Å². The summed E-state index contributed by atoms with van der Waals surface area (Å²) in [6, 6.07) is 14.6. The van der Waals surface area contributed by atoms with Gasteiger partial charge < -0.3 is 9.84 Å². The Morgan fingerprint density at radius 3 is 2.18 bits per heavy atom. The molecule has 0 radical (unpaired) electrons. The van der Waals surface area contributed by atoms with Gasteiger partial charge in [0.25, 0.3) is 0 Å². The van der Waals surface area contributed by atoms with E-state index in [2.05, 4.69) is 13.8 Å². The zero-order valence-corrected chi connectivity index (χ0v) is 13.4. The van der Waals surface area contributed by atoms with E-state index in [9.17, 15) is 9.90 Å². The minimum atomic E-state index is -0.983. The maximum atomic E-state index is 11.4. The summed E-state index contributed by atoms with van der Waals surface area (Å²) in [7, 11) is 0. The number of benzene rings is 2. The van der Waals surface area contributed by atoms with Crippen LogP contribution in [0.2, 0.25) is 5.02 Å². The molecule has 0 aliphatic heterocycles. The van der Waals surface area contributed by atoms with Crippen molar-refractivity contribution in [2.75, 3.05) is 0 Å². The van der Waals surface area contributed by atoms with Crippen LogP contribution in [-0.2, 0) is 11.2 Å². The Labute approximate surface area is 135 Å². The fourth-order valence-corrected chi connectivity index (χ4v) is 2.24. The van der Waals surface area contributed by atoms with Crippen molar-refractivity contribution in [2.24, 2.45) is 0 Å². The monoisotopic (exact) mass is 318 g/mol. The van der Waals surface area contributed by atoms with E-state index in [4.69, 9.17) is 16.3 Å². The molecule has 0 spiro atoms. The van der Waals surface area contributed by atoms with Crippen LogP contribution < -0.4 is 4.74 Å². The molecule has 0 unspecified atom stereocenters. The highest BCUT2D eigenvalue weighted by Crippen LogP contribution is 2.20. The topological polar surface area (TPSA) is 46.5 Å². The molecule has 0 saturated heterocycles. The van der Waals surface area contributed by atoms with Gasteiger partial charge in [-0.1, -0.05) is 49.7 Å². The van der Waals surface area contributed by atoms with Crippen molar-refractivity contribution in [1.29, 1.82) is 0 Å². The molecule has 2 rings (SSSR count). The van der Waals surface area contributed by atoms with E-state index < -0.39 is 12.1 Å². The fourth-order valence-electron chi connectivity index (χ4n) is 2.11. The van der Waals surface area contributed by atoms with E-state index in [1.807, 2.05) is 36.4 Å². The summed E-state index contributed by atoms with van der Waals surface area (Å²) >= 11 is 5.83. The molecule has 2 aromatic carbocycles. The minimum absolute atomic E-state index is 0.290. The number of ether oxygens (including phenoxy) is 1. The maximum Gasteiger partial charge on any atom is 0.345 e. The zero-order chi connectivity index (χ0) is 16.1. The van der Waals surface area contributed by atoms with Crippen molar-refractivity contribution < 1.29 is 14.6 Å². The van der Waals surface area contributed by atoms with Gasteiger partial charge in [-0.2, -0.15) is 0 Å². The van der Waals surface area contributed by atoms with Gasteiger partial charge in [-0.05, 0) is 41.3 Å². The number of rotatable bonds is 6. The lowest BCUT2D eigenvalue weighted by atomic mass is 10.0. The summed E-state index contributed by atoms with van der Waals surface area (Å²) in [5.74, 6) is 0.00652. The minimum Gasteiger partial charge on any atom is -0.478 e. The second kappa shape index (κ2) is 7.32. The Bertz CT molecular complexity index is 618. The summed E-state index contributed by atoms with van der Waals surface area (Å²) in [5, 5.41) is 9.97. The van der Waals surface area contributed by atoms with Gasteiger partial charge in [0.05, 0.1) is 0 Å². The predicted molar refractivity (Wildman–Crippen MR) is 87.7 cm³/mol. The SMILES string of the molecule is CC(C)c1ccc(O[C@@H](Cc2ccc(Cl)cc2)C(=O)O)cc1. The van der Waals surface area contributed by atoms with Crippen LogP contribution in [0.15, 0.2) is 48.5 Å². The average molecular weight is 319 g/mol. The summed E-state index contributed by atoms with van der Waals surface area (Å²) in [5.41, 5.74) is 2.06. The standard InChI is InChI=1S/C18H19ClO3/c1-12(2)14-5-9-16(10-6-14)22-17(18(20)21)11-13-3-7-15(19)8-4-13/h3-10,12,17H,11H2,1-2H3,(H,20,21)/t17-/m0/s1. The molecule has 2 aromatic rings. The van der Waals surface area contributed by atoms with Crippen LogP contribution in [0.25, 0.3) is 0 Å². The van der Waals surface area contributed by atoms with Gasteiger partial charge >= 0.3 is 5.97 Å². The largest absolute Gasteiger partial charge is 0.478 e. The molecule has 0 saturated carbocycles. The normalized spacial score (nSPS) is 12.2. The number of hydrogen-bond donors (Lipinski definition) is 1. The first kappa shape index (κ1) is 16.4. The highest BCUT2D eigenvalue weighted by Gasteiger charge is 2.20. The molecule has 0 aromatic heterocycles. The molecule has 4 heteroatoms. The summed E-state index contributed by atoms with van der Waals surface area (Å²) in [4.78, 5) is 11.4. The van der Waals surface area contributed by atoms with Crippen molar-refractivity contribution in [2.45, 2.75) is 32.3 Å². The van der Waals surface area contributed by atoms with Gasteiger partial charge in [0.1, 0.15) is 5.75 Å². The molecule has 3 nitrogen and oxygen atoms in total. The lowest BCUT2D eigenvalue weighted by Crippen LogP contribution is -2.29. The number of hydrogen-bond acceptors (Lipinski definition) is 2. The first-order valence-corrected chi connectivity index (χ1v) is 7.57. The average Bonchev–Trinajstić information content (AvgIpc) is 2.49. The molecular formula is C18H19ClO3. The summed E-state index contributed by atoms with van der Waals surface area (Å²) < 4.78 is 5.61. The third-order valence-electron chi connectivity index (χ3n) is 3.43. The Morgan fingerprint density at radius 2 is 1.68 bits per heavy atom. The lowest BCUT2D eigenvalue weighted by Gasteiger charge is -2.16. The predicted octanol–water partition coefficient (Wildman–Crippen LogP) is 4.54. The highest BCUT2D eigenvalue weighted by molar-refractivity contribution is 6.30. The van der Waals surface area contributed by atoms with Crippen LogP contribution in [0.3, 0.4) is 0 Å². The molecule has 0 fully saturated rings. The van der Waals surface area contributed by atoms with Crippen LogP contribution in [0.5, 0.6) is 5.75 Å². The molecule has 116 valence electrons. The third-order valence-corrected chi connectivity index (χ3v) is 3.69. The van der Waals surface area contributed by atoms with Gasteiger partial charge in [0, 0.05) is 11.4 Å². The molecule has 0 bridgehead atoms. The number of carbonyl (C=O) groups is 1. The molecule has 0 aliphatic carbocycles. The number of aliphatic carboxylic acids is 1. The highest BCUT2D eigenvalue weighted by atomic mass is 35.5. The number of carboxylic acid groups (broad SMARTS) is 1. The van der Waals surface area contributed by atoms with E-state index in [0.717, 1.165) is 5.56 Å². The van der Waals surface area contributed by atoms with Gasteiger partial charge in [0.2, 0.25) is 0 Å². The number of carboxylic acids is 1. The van der Waals surface area contributed by atoms with E-state index in [-0.39, 0.29) is 0 Å². The molecule has 1 N–H and O–H groups in total. The molecule has 0 aliphatic rings. The van der Waals surface area contributed by atoms with Crippen molar-refractivity contribution >= 4 is 17.6 Å². The Kier molecular flexibility index (Phi) is 5.45. The number of halogens is 1. The zero-order valence-electron chi connectivity index (χ0n) is 12.6. The van der Waals surface area contributed by atoms with E-state index in [1.165, 1.54) is 5.56 Å². The van der Waals surface area contributed by atoms with Crippen molar-refractivity contribution in [1.82, 2.24) is 0 Å². The fraction of sp³-hybridized carbons (Fsp3) is 0.278. The second-order valence-corrected chi connectivity index (χ2v) is 5.94. The van der Waals surface area contributed by atoms with E-state index in [0.29, 0.717) is 23.1 Å². The van der Waals surface area contributed by atoms with E-state index >= 15 is 0 Å². The molecule has 0 amide bonds. The quantitative estimate of drug-likeness (QED) is 0.850. The van der Waals surface area contributed by atoms with Gasteiger partial charge in [-0.15, -0.1) is 0 Å². The van der Waals surface area contributed by atoms with Crippen molar-refractivity contribution in [3.05, 3.63) is 64.7 Å². The van der Waals surface area contributed by atoms with Crippen molar-refractivity contribution in [3.8, 4) is 5.75 Å². The summed E-state index contributed by atoms with van der Waals surface area (Å²) in [6.07, 6.45) is -0.635. The molecule has 22 heavy (non-hydrogen) atoms.